The molecule has 0 aromatic carbocycles. The molecule has 0 rings (SSSR count). The molecule has 1 atom stereocenters. The van der Waals surface area contributed by atoms with Crippen LogP contribution in [0.15, 0.2) is 0 Å². The molecule has 0 bridgehead atoms. The minimum absolute atomic E-state index is 0.391. The Morgan fingerprint density at radius 1 is 1.10 bits per heavy atom. The number of ether oxygens (including phenoxy) is 2. The maximum atomic E-state index is 11.7. The molecule has 0 aliphatic heterocycles. The monoisotopic (exact) mass is 304 g/mol. The van der Waals surface area contributed by atoms with E-state index in [9.17, 15) is 4.79 Å². The number of carbonyl (C=O) groups is 1. The molecule has 0 saturated heterocycles. The van der Waals surface area contributed by atoms with Crippen molar-refractivity contribution in [3.8, 4) is 0 Å². The van der Waals surface area contributed by atoms with Crippen molar-refractivity contribution in [3.05, 3.63) is 0 Å². The summed E-state index contributed by atoms with van der Waals surface area (Å²) in [7, 11) is 0. The van der Waals surface area contributed by atoms with Gasteiger partial charge in [0.25, 0.3) is 0 Å². The Labute approximate surface area is 129 Å². The van der Waals surface area contributed by atoms with Crippen molar-refractivity contribution in [1.29, 1.82) is 0 Å². The molecule has 126 valence electrons. The summed E-state index contributed by atoms with van der Waals surface area (Å²) >= 11 is 0. The second kappa shape index (κ2) is 11.8. The predicted molar refractivity (Wildman–Crippen MR) is 81.8 cm³/mol. The zero-order chi connectivity index (χ0) is 16.1. The van der Waals surface area contributed by atoms with Crippen LogP contribution in [-0.2, 0) is 19.2 Å². The molecule has 5 heteroatoms. The van der Waals surface area contributed by atoms with Crippen molar-refractivity contribution in [1.82, 2.24) is 0 Å². The topological polar surface area (TPSA) is 54.0 Å². The van der Waals surface area contributed by atoms with E-state index in [1.807, 2.05) is 0 Å². The van der Waals surface area contributed by atoms with Crippen LogP contribution in [0, 0.1) is 5.92 Å². The fourth-order valence-electron chi connectivity index (χ4n) is 1.72. The van der Waals surface area contributed by atoms with Crippen LogP contribution in [0.4, 0.5) is 4.79 Å². The lowest BCUT2D eigenvalue weighted by Crippen LogP contribution is -2.32. The Balaban J connectivity index is 3.93. The fourth-order valence-corrected chi connectivity index (χ4v) is 1.72. The average molecular weight is 304 g/mol. The third-order valence-electron chi connectivity index (χ3n) is 3.15. The van der Waals surface area contributed by atoms with Gasteiger partial charge < -0.3 is 9.47 Å². The first-order chi connectivity index (χ1) is 9.95. The van der Waals surface area contributed by atoms with Crippen molar-refractivity contribution in [2.75, 3.05) is 13.2 Å². The highest BCUT2D eigenvalue weighted by atomic mass is 17.2. The molecule has 5 nitrogen and oxygen atoms in total. The van der Waals surface area contributed by atoms with E-state index in [1.165, 1.54) is 0 Å². The third-order valence-corrected chi connectivity index (χ3v) is 3.15. The van der Waals surface area contributed by atoms with Gasteiger partial charge in [0.2, 0.25) is 5.79 Å². The second-order valence-corrected chi connectivity index (χ2v) is 5.74. The van der Waals surface area contributed by atoms with Gasteiger partial charge in [-0.25, -0.2) is 9.68 Å². The van der Waals surface area contributed by atoms with Gasteiger partial charge in [-0.05, 0) is 18.8 Å². The normalized spacial score (nSPS) is 13.0. The van der Waals surface area contributed by atoms with Gasteiger partial charge in [0.05, 0.1) is 13.2 Å². The largest absolute Gasteiger partial charge is 0.510 e. The fraction of sp³-hybridized carbons (Fsp3) is 0.938. The van der Waals surface area contributed by atoms with Gasteiger partial charge in [0, 0.05) is 13.8 Å². The van der Waals surface area contributed by atoms with Crippen LogP contribution in [0.5, 0.6) is 0 Å². The van der Waals surface area contributed by atoms with Crippen molar-refractivity contribution >= 4 is 6.16 Å². The molecule has 0 spiro atoms. The van der Waals surface area contributed by atoms with Crippen LogP contribution in [-0.4, -0.2) is 25.2 Å². The Kier molecular flexibility index (Phi) is 11.4. The Morgan fingerprint density at radius 2 is 1.76 bits per heavy atom. The number of hydrogen-bond donors (Lipinski definition) is 0. The van der Waals surface area contributed by atoms with Crippen LogP contribution < -0.4 is 0 Å². The summed E-state index contributed by atoms with van der Waals surface area (Å²) < 4.78 is 10.3. The average Bonchev–Trinajstić information content (AvgIpc) is 2.43. The molecule has 0 saturated carbocycles. The van der Waals surface area contributed by atoms with E-state index in [0.717, 1.165) is 38.5 Å². The smallest absolute Gasteiger partial charge is 0.434 e. The van der Waals surface area contributed by atoms with Gasteiger partial charge >= 0.3 is 6.16 Å². The Bertz CT molecular complexity index is 265. The first kappa shape index (κ1) is 20.2. The highest BCUT2D eigenvalue weighted by molar-refractivity contribution is 5.60. The second-order valence-electron chi connectivity index (χ2n) is 5.74. The zero-order valence-corrected chi connectivity index (χ0v) is 14.3. The summed E-state index contributed by atoms with van der Waals surface area (Å²) in [5.74, 6) is -0.752. The van der Waals surface area contributed by atoms with E-state index in [4.69, 9.17) is 19.2 Å². The molecule has 0 amide bonds. The summed E-state index contributed by atoms with van der Waals surface area (Å²) in [5.41, 5.74) is 0. The Hall–Kier alpha value is -0.810. The molecule has 1 unspecified atom stereocenters. The van der Waals surface area contributed by atoms with Crippen LogP contribution in [0.1, 0.15) is 73.1 Å². The number of unbranched alkanes of at least 4 members (excludes halogenated alkanes) is 2. The molecule has 0 fully saturated rings. The lowest BCUT2D eigenvalue weighted by atomic mass is 10.0. The molecule has 0 aliphatic rings. The molecule has 0 radical (unpaired) electrons. The number of hydrogen-bond acceptors (Lipinski definition) is 5. The summed E-state index contributed by atoms with van der Waals surface area (Å²) in [6.07, 6.45) is 5.56. The van der Waals surface area contributed by atoms with E-state index in [1.54, 1.807) is 13.8 Å². The Morgan fingerprint density at radius 3 is 2.33 bits per heavy atom. The van der Waals surface area contributed by atoms with E-state index < -0.39 is 11.9 Å². The van der Waals surface area contributed by atoms with Gasteiger partial charge in [0.1, 0.15) is 0 Å². The van der Waals surface area contributed by atoms with Crippen LogP contribution in [0.25, 0.3) is 0 Å². The van der Waals surface area contributed by atoms with Gasteiger partial charge in [0.15, 0.2) is 0 Å². The lowest BCUT2D eigenvalue weighted by molar-refractivity contribution is -0.407. The highest BCUT2D eigenvalue weighted by Crippen LogP contribution is 2.16. The van der Waals surface area contributed by atoms with Gasteiger partial charge in [-0.1, -0.05) is 46.5 Å². The number of rotatable bonds is 12. The highest BCUT2D eigenvalue weighted by Gasteiger charge is 2.26. The van der Waals surface area contributed by atoms with E-state index in [2.05, 4.69) is 20.8 Å². The van der Waals surface area contributed by atoms with Crippen LogP contribution >= 0.6 is 0 Å². The van der Waals surface area contributed by atoms with Crippen LogP contribution in [0.3, 0.4) is 0 Å². The minimum Gasteiger partial charge on any atom is -0.434 e. The summed E-state index contributed by atoms with van der Waals surface area (Å²) in [6.45, 7) is 10.4. The van der Waals surface area contributed by atoms with Crippen molar-refractivity contribution in [2.45, 2.75) is 78.9 Å². The lowest BCUT2D eigenvalue weighted by Gasteiger charge is -2.23. The molecule has 0 heterocycles. The van der Waals surface area contributed by atoms with Gasteiger partial charge in [-0.3, -0.25) is 0 Å². The summed E-state index contributed by atoms with van der Waals surface area (Å²) in [4.78, 5) is 21.7. The molecule has 0 aliphatic carbocycles. The first-order valence-corrected chi connectivity index (χ1v) is 8.11. The van der Waals surface area contributed by atoms with Gasteiger partial charge in [-0.15, -0.1) is 0 Å². The molecule has 0 N–H and O–H groups in total. The quantitative estimate of drug-likeness (QED) is 0.170. The third kappa shape index (κ3) is 11.5. The van der Waals surface area contributed by atoms with E-state index in [0.29, 0.717) is 19.1 Å². The van der Waals surface area contributed by atoms with Crippen molar-refractivity contribution < 1.29 is 24.0 Å². The van der Waals surface area contributed by atoms with Gasteiger partial charge in [-0.2, -0.15) is 4.89 Å². The predicted octanol–water partition coefficient (Wildman–Crippen LogP) is 4.84. The van der Waals surface area contributed by atoms with Crippen molar-refractivity contribution in [3.63, 3.8) is 0 Å². The molecular weight excluding hydrogens is 272 g/mol. The SMILES string of the molecule is CCCCOOC(C)(C)OC(=O)OCC(CC)CCCC. The molecule has 0 aromatic heterocycles. The maximum Gasteiger partial charge on any atom is 0.510 e. The van der Waals surface area contributed by atoms with Crippen LogP contribution in [0.2, 0.25) is 0 Å². The standard InChI is InChI=1S/C16H32O5/c1-6-9-11-14(8-3)13-18-15(17)20-16(4,5)21-19-12-10-7-2/h14H,6-13H2,1-5H3. The number of carbonyl (C=O) groups excluding carboxylic acids is 1. The molecule has 0 aromatic rings. The van der Waals surface area contributed by atoms with Crippen molar-refractivity contribution in [2.24, 2.45) is 5.92 Å². The maximum absolute atomic E-state index is 11.7. The first-order valence-electron chi connectivity index (χ1n) is 8.11. The molecular formula is C16H32O5. The summed E-state index contributed by atoms with van der Waals surface area (Å²) in [6, 6.07) is 0. The minimum atomic E-state index is -1.14. The zero-order valence-electron chi connectivity index (χ0n) is 14.3. The van der Waals surface area contributed by atoms with E-state index in [-0.39, 0.29) is 0 Å². The molecule has 21 heavy (non-hydrogen) atoms. The van der Waals surface area contributed by atoms with E-state index >= 15 is 0 Å². The summed E-state index contributed by atoms with van der Waals surface area (Å²) in [5, 5.41) is 0.